The summed E-state index contributed by atoms with van der Waals surface area (Å²) in [6.45, 7) is 10.6. The Morgan fingerprint density at radius 3 is 2.61 bits per heavy atom. The first-order chi connectivity index (χ1) is 27.4. The Morgan fingerprint density at radius 2 is 1.89 bits per heavy atom. The van der Waals surface area contributed by atoms with Crippen molar-refractivity contribution in [1.29, 1.82) is 0 Å². The standard InChI is InChI=1S/C44H59N3O8S/c1-3-24-53-44-40(56-34-16-13-32(14-17-34)45-30(2)50)29-38(46-55-41-12-6-9-25-52-41)36-27-31(10-4-7-22-48)35(11-5-8-23-49)42(43(36)44)37-28-33(15-18-39(37)54-44)51-26-21-47-19-20-47/h3,13-18,27-28,31,35,40-43,48-49H,1,4-12,19-26,29H2,2H3,(H,45,50)/t31-,35+,40-,41?,42+,43+,44+/m0/s1. The van der Waals surface area contributed by atoms with Crippen LogP contribution in [-0.4, -0.2) is 96.7 Å². The largest absolute Gasteiger partial charge is 0.492 e. The van der Waals surface area contributed by atoms with E-state index in [-0.39, 0.29) is 54.6 Å². The number of allylic oxidation sites excluding steroid dienone is 1. The third-order valence-corrected chi connectivity index (χ3v) is 13.0. The van der Waals surface area contributed by atoms with Crippen LogP contribution in [0.1, 0.15) is 82.6 Å². The maximum Gasteiger partial charge on any atom is 0.231 e. The number of rotatable bonds is 20. The minimum atomic E-state index is -1.11. The Bertz CT molecular complexity index is 1690. The van der Waals surface area contributed by atoms with Crippen LogP contribution in [0.2, 0.25) is 0 Å². The predicted molar refractivity (Wildman–Crippen MR) is 218 cm³/mol. The van der Waals surface area contributed by atoms with Gasteiger partial charge in [0.2, 0.25) is 18.0 Å². The Morgan fingerprint density at radius 1 is 1.09 bits per heavy atom. The molecule has 0 bridgehead atoms. The van der Waals surface area contributed by atoms with Crippen LogP contribution in [0.4, 0.5) is 5.69 Å². The van der Waals surface area contributed by atoms with Crippen LogP contribution in [-0.2, 0) is 19.1 Å². The number of hydrogen-bond donors (Lipinski definition) is 3. The molecule has 2 saturated heterocycles. The van der Waals surface area contributed by atoms with Gasteiger partial charge in [-0.25, -0.2) is 0 Å². The molecule has 11 nitrogen and oxygen atoms in total. The summed E-state index contributed by atoms with van der Waals surface area (Å²) in [5.74, 6) is 0.486. The fourth-order valence-corrected chi connectivity index (χ4v) is 10.3. The van der Waals surface area contributed by atoms with E-state index in [4.69, 9.17) is 28.9 Å². The van der Waals surface area contributed by atoms with Gasteiger partial charge in [0, 0.05) is 74.7 Å². The molecule has 304 valence electrons. The summed E-state index contributed by atoms with van der Waals surface area (Å²) in [7, 11) is 0. The molecule has 0 spiro atoms. The Hall–Kier alpha value is -3.39. The molecule has 3 N–H and O–H groups in total. The van der Waals surface area contributed by atoms with E-state index in [0.29, 0.717) is 19.6 Å². The molecule has 0 aromatic heterocycles. The van der Waals surface area contributed by atoms with Crippen molar-refractivity contribution in [1.82, 2.24) is 4.90 Å². The van der Waals surface area contributed by atoms with E-state index >= 15 is 0 Å². The highest BCUT2D eigenvalue weighted by molar-refractivity contribution is 8.00. The van der Waals surface area contributed by atoms with E-state index in [0.717, 1.165) is 116 Å². The average Bonchev–Trinajstić information content (AvgIpc) is 4.04. The van der Waals surface area contributed by atoms with Gasteiger partial charge in [-0.1, -0.05) is 30.1 Å². The molecule has 7 atom stereocenters. The van der Waals surface area contributed by atoms with Gasteiger partial charge in [-0.3, -0.25) is 9.69 Å². The van der Waals surface area contributed by atoms with Crippen molar-refractivity contribution >= 4 is 29.1 Å². The van der Waals surface area contributed by atoms with Crippen LogP contribution in [0.15, 0.2) is 76.8 Å². The zero-order chi connectivity index (χ0) is 38.9. The Balaban J connectivity index is 1.36. The zero-order valence-electron chi connectivity index (χ0n) is 32.7. The molecule has 1 unspecified atom stereocenters. The monoisotopic (exact) mass is 789 g/mol. The highest BCUT2D eigenvalue weighted by Gasteiger charge is 2.64. The normalized spacial score (nSPS) is 28.7. The predicted octanol–water partition coefficient (Wildman–Crippen LogP) is 7.29. The smallest absolute Gasteiger partial charge is 0.231 e. The van der Waals surface area contributed by atoms with Crippen molar-refractivity contribution in [2.75, 3.05) is 58.0 Å². The maximum atomic E-state index is 11.8. The third kappa shape index (κ3) is 9.65. The molecular weight excluding hydrogens is 731 g/mol. The van der Waals surface area contributed by atoms with Crippen LogP contribution in [0.3, 0.4) is 0 Å². The SMILES string of the molecule is C=CCO[C@@]12Oc3ccc(OCCN4CC4)cc3[C@H]3[C@H](CCCCO)[C@@H](CCCCO)C=C(C(=NOC4CCCCO4)C[C@@H]1Sc1ccc(NC(C)=O)cc1)[C@H]32. The summed E-state index contributed by atoms with van der Waals surface area (Å²) in [6, 6.07) is 14.1. The molecule has 1 amide bonds. The highest BCUT2D eigenvalue weighted by atomic mass is 32.2. The summed E-state index contributed by atoms with van der Waals surface area (Å²) in [4.78, 5) is 21.4. The second kappa shape index (κ2) is 19.4. The molecule has 12 heteroatoms. The van der Waals surface area contributed by atoms with Crippen molar-refractivity contribution in [3.05, 3.63) is 72.3 Å². The summed E-state index contributed by atoms with van der Waals surface area (Å²) in [5.41, 5.74) is 3.79. The highest BCUT2D eigenvalue weighted by Crippen LogP contribution is 2.63. The summed E-state index contributed by atoms with van der Waals surface area (Å²) in [5, 5.41) is 27.3. The first-order valence-corrected chi connectivity index (χ1v) is 21.6. The van der Waals surface area contributed by atoms with Crippen molar-refractivity contribution in [2.24, 2.45) is 22.9 Å². The molecular formula is C44H59N3O8S. The van der Waals surface area contributed by atoms with E-state index in [2.05, 4.69) is 35.0 Å². The number of benzene rings is 2. The molecule has 5 aliphatic rings. The minimum Gasteiger partial charge on any atom is -0.492 e. The van der Waals surface area contributed by atoms with Gasteiger partial charge in [0.15, 0.2) is 0 Å². The van der Waals surface area contributed by atoms with E-state index < -0.39 is 12.1 Å². The minimum absolute atomic E-state index is 0.0289. The number of ether oxygens (including phenoxy) is 4. The van der Waals surface area contributed by atoms with Gasteiger partial charge in [-0.15, -0.1) is 18.3 Å². The summed E-state index contributed by atoms with van der Waals surface area (Å²) in [6.07, 6.45) is 12.2. The molecule has 56 heavy (non-hydrogen) atoms. The number of aliphatic hydroxyl groups is 2. The lowest BCUT2D eigenvalue weighted by Crippen LogP contribution is -2.64. The topological polar surface area (TPSA) is 131 Å². The molecule has 7 rings (SSSR count). The number of nitrogens with zero attached hydrogens (tertiary/aromatic N) is 2. The van der Waals surface area contributed by atoms with Gasteiger partial charge in [0.05, 0.1) is 30.1 Å². The zero-order valence-corrected chi connectivity index (χ0v) is 33.6. The molecule has 3 heterocycles. The molecule has 2 aromatic carbocycles. The number of thioether (sulfide) groups is 1. The van der Waals surface area contributed by atoms with Crippen LogP contribution in [0.25, 0.3) is 0 Å². The van der Waals surface area contributed by atoms with E-state index in [9.17, 15) is 15.0 Å². The van der Waals surface area contributed by atoms with Crippen LogP contribution in [0, 0.1) is 17.8 Å². The van der Waals surface area contributed by atoms with Crippen molar-refractivity contribution in [3.8, 4) is 11.5 Å². The van der Waals surface area contributed by atoms with E-state index in [1.54, 1.807) is 17.8 Å². The molecule has 0 radical (unpaired) electrons. The van der Waals surface area contributed by atoms with Gasteiger partial charge in [-0.2, -0.15) is 0 Å². The fourth-order valence-electron chi connectivity index (χ4n) is 9.00. The van der Waals surface area contributed by atoms with Gasteiger partial charge in [0.25, 0.3) is 0 Å². The number of anilines is 1. The molecule has 2 aliphatic carbocycles. The first kappa shape index (κ1) is 40.8. The van der Waals surface area contributed by atoms with Crippen LogP contribution >= 0.6 is 11.8 Å². The number of fused-ring (bicyclic) bond motifs is 2. The molecule has 2 aromatic rings. The number of carbonyl (C=O) groups excluding carboxylic acids is 1. The number of hydrogen-bond acceptors (Lipinski definition) is 11. The van der Waals surface area contributed by atoms with Crippen LogP contribution in [0.5, 0.6) is 11.5 Å². The van der Waals surface area contributed by atoms with E-state index in [1.807, 2.05) is 30.3 Å². The fraction of sp³-hybridized carbons (Fsp3) is 0.591. The maximum absolute atomic E-state index is 11.8. The van der Waals surface area contributed by atoms with Gasteiger partial charge in [0.1, 0.15) is 18.1 Å². The number of carbonyl (C=O) groups is 1. The number of nitrogens with one attached hydrogen (secondary N) is 1. The quantitative estimate of drug-likeness (QED) is 0.0544. The molecule has 3 fully saturated rings. The number of oxime groups is 1. The molecule has 3 aliphatic heterocycles. The Labute approximate surface area is 335 Å². The van der Waals surface area contributed by atoms with Crippen molar-refractivity contribution < 1.29 is 38.8 Å². The van der Waals surface area contributed by atoms with E-state index in [1.165, 1.54) is 6.92 Å². The first-order valence-electron chi connectivity index (χ1n) is 20.7. The summed E-state index contributed by atoms with van der Waals surface area (Å²) >= 11 is 1.69. The average molecular weight is 790 g/mol. The number of amides is 1. The van der Waals surface area contributed by atoms with Crippen molar-refractivity contribution in [2.45, 2.75) is 99.3 Å². The number of unbranched alkanes of at least 4 members (excludes halogenated alkanes) is 2. The lowest BCUT2D eigenvalue weighted by Gasteiger charge is -2.58. The van der Waals surface area contributed by atoms with Gasteiger partial charge in [-0.05, 0) is 98.4 Å². The second-order valence-electron chi connectivity index (χ2n) is 15.7. The number of aliphatic hydroxyl groups excluding tert-OH is 2. The van der Waals surface area contributed by atoms with Gasteiger partial charge >= 0.3 is 0 Å². The lowest BCUT2D eigenvalue weighted by molar-refractivity contribution is -0.223. The van der Waals surface area contributed by atoms with Crippen LogP contribution < -0.4 is 14.8 Å². The Kier molecular flexibility index (Phi) is 14.1. The van der Waals surface area contributed by atoms with Gasteiger partial charge < -0.3 is 39.3 Å². The molecule has 1 saturated carbocycles. The third-order valence-electron chi connectivity index (χ3n) is 11.7. The lowest BCUT2D eigenvalue weighted by atomic mass is 9.56. The second-order valence-corrected chi connectivity index (χ2v) is 16.9. The van der Waals surface area contributed by atoms with Crippen molar-refractivity contribution in [3.63, 3.8) is 0 Å². The summed E-state index contributed by atoms with van der Waals surface area (Å²) < 4.78 is 26.8.